The Hall–Kier alpha value is -1.82. The predicted molar refractivity (Wildman–Crippen MR) is 53.0 cm³/mol. The van der Waals surface area contributed by atoms with Gasteiger partial charge in [0.2, 0.25) is 0 Å². The molecule has 74 valence electrons. The molecule has 1 aliphatic rings. The van der Waals surface area contributed by atoms with Crippen LogP contribution in [0.5, 0.6) is 0 Å². The Morgan fingerprint density at radius 3 is 2.93 bits per heavy atom. The van der Waals surface area contributed by atoms with Gasteiger partial charge in [-0.25, -0.2) is 4.99 Å². The Morgan fingerprint density at radius 1 is 1.57 bits per heavy atom. The Morgan fingerprint density at radius 2 is 2.36 bits per heavy atom. The highest BCUT2D eigenvalue weighted by Gasteiger charge is 2.27. The Labute approximate surface area is 81.3 Å². The average Bonchev–Trinajstić information content (AvgIpc) is 2.52. The van der Waals surface area contributed by atoms with Gasteiger partial charge in [-0.3, -0.25) is 10.4 Å². The number of aliphatic imine (C=N–C) groups is 1. The summed E-state index contributed by atoms with van der Waals surface area (Å²) in [6, 6.07) is 0. The molecule has 2 heterocycles. The van der Waals surface area contributed by atoms with Gasteiger partial charge in [0.25, 0.3) is 0 Å². The van der Waals surface area contributed by atoms with E-state index in [4.69, 9.17) is 11.5 Å². The van der Waals surface area contributed by atoms with E-state index in [0.717, 1.165) is 5.56 Å². The average molecular weight is 192 g/mol. The fraction of sp³-hybridized carbons (Fsp3) is 0.250. The van der Waals surface area contributed by atoms with Gasteiger partial charge in [-0.2, -0.15) is 5.10 Å². The van der Waals surface area contributed by atoms with Gasteiger partial charge in [-0.05, 0) is 0 Å². The molecule has 14 heavy (non-hydrogen) atoms. The molecule has 0 fully saturated rings. The quantitative estimate of drug-likeness (QED) is 0.530. The molecule has 6 heteroatoms. The molecule has 0 saturated carbocycles. The third kappa shape index (κ3) is 1.35. The number of nitrogens with two attached hydrogens (primary N) is 2. The molecule has 1 aromatic rings. The van der Waals surface area contributed by atoms with E-state index in [-0.39, 0.29) is 0 Å². The van der Waals surface area contributed by atoms with Crippen molar-refractivity contribution in [3.05, 3.63) is 29.9 Å². The SMILES string of the molecule is Cn1cc(C2(N)C=C(N)NC=N2)cn1. The van der Waals surface area contributed by atoms with E-state index in [2.05, 4.69) is 15.4 Å². The first kappa shape index (κ1) is 8.76. The maximum absolute atomic E-state index is 6.04. The van der Waals surface area contributed by atoms with Crippen molar-refractivity contribution in [2.75, 3.05) is 0 Å². The maximum atomic E-state index is 6.04. The van der Waals surface area contributed by atoms with Crippen LogP contribution < -0.4 is 16.8 Å². The van der Waals surface area contributed by atoms with Crippen LogP contribution in [0.4, 0.5) is 0 Å². The lowest BCUT2D eigenvalue weighted by molar-refractivity contribution is 0.577. The van der Waals surface area contributed by atoms with Gasteiger partial charge in [0.1, 0.15) is 5.82 Å². The zero-order chi connectivity index (χ0) is 10.2. The third-order valence-electron chi connectivity index (χ3n) is 2.05. The second-order valence-electron chi connectivity index (χ2n) is 3.23. The second-order valence-corrected chi connectivity index (χ2v) is 3.23. The summed E-state index contributed by atoms with van der Waals surface area (Å²) in [5.41, 5.74) is 11.5. The van der Waals surface area contributed by atoms with Crippen LogP contribution in [0.25, 0.3) is 0 Å². The van der Waals surface area contributed by atoms with Crippen molar-refractivity contribution >= 4 is 6.34 Å². The fourth-order valence-electron chi connectivity index (χ4n) is 1.32. The minimum Gasteiger partial charge on any atom is -0.385 e. The Balaban J connectivity index is 2.41. The smallest absolute Gasteiger partial charge is 0.161 e. The summed E-state index contributed by atoms with van der Waals surface area (Å²) < 4.78 is 1.67. The highest BCUT2D eigenvalue weighted by atomic mass is 15.3. The van der Waals surface area contributed by atoms with E-state index in [9.17, 15) is 0 Å². The van der Waals surface area contributed by atoms with Crippen LogP contribution in [0.3, 0.4) is 0 Å². The van der Waals surface area contributed by atoms with Gasteiger partial charge < -0.3 is 11.1 Å². The van der Waals surface area contributed by atoms with Crippen LogP contribution in [-0.4, -0.2) is 16.1 Å². The summed E-state index contributed by atoms with van der Waals surface area (Å²) in [5, 5.41) is 6.79. The van der Waals surface area contributed by atoms with E-state index >= 15 is 0 Å². The topological polar surface area (TPSA) is 94.2 Å². The molecular weight excluding hydrogens is 180 g/mol. The first-order valence-corrected chi connectivity index (χ1v) is 4.17. The zero-order valence-electron chi connectivity index (χ0n) is 7.81. The third-order valence-corrected chi connectivity index (χ3v) is 2.05. The van der Waals surface area contributed by atoms with Crippen LogP contribution in [0, 0.1) is 0 Å². The molecule has 2 rings (SSSR count). The number of nitrogens with zero attached hydrogens (tertiary/aromatic N) is 3. The molecular formula is C8H12N6. The summed E-state index contributed by atoms with van der Waals surface area (Å²) >= 11 is 0. The molecule has 0 spiro atoms. The van der Waals surface area contributed by atoms with E-state index in [0.29, 0.717) is 5.82 Å². The van der Waals surface area contributed by atoms with Crippen LogP contribution in [0.2, 0.25) is 0 Å². The predicted octanol–water partition coefficient (Wildman–Crippen LogP) is -1.04. The number of nitrogens with one attached hydrogen (secondary N) is 1. The minimum absolute atomic E-state index is 0.492. The molecule has 6 nitrogen and oxygen atoms in total. The van der Waals surface area contributed by atoms with Crippen molar-refractivity contribution in [1.29, 1.82) is 0 Å². The van der Waals surface area contributed by atoms with Gasteiger partial charge in [0.05, 0.1) is 12.5 Å². The number of aryl methyl sites for hydroxylation is 1. The zero-order valence-corrected chi connectivity index (χ0v) is 7.81. The summed E-state index contributed by atoms with van der Waals surface area (Å²) in [5.74, 6) is 0.492. The highest BCUT2D eigenvalue weighted by Crippen LogP contribution is 2.22. The summed E-state index contributed by atoms with van der Waals surface area (Å²) in [4.78, 5) is 4.13. The van der Waals surface area contributed by atoms with E-state index in [1.807, 2.05) is 13.2 Å². The lowest BCUT2D eigenvalue weighted by Crippen LogP contribution is -2.39. The summed E-state index contributed by atoms with van der Waals surface area (Å²) in [6.45, 7) is 0. The van der Waals surface area contributed by atoms with Gasteiger partial charge in [0, 0.05) is 24.9 Å². The molecule has 0 bridgehead atoms. The van der Waals surface area contributed by atoms with Crippen molar-refractivity contribution in [1.82, 2.24) is 15.1 Å². The molecule has 1 aliphatic heterocycles. The first-order valence-electron chi connectivity index (χ1n) is 4.17. The molecule has 1 aromatic heterocycles. The van der Waals surface area contributed by atoms with Crippen molar-refractivity contribution in [2.45, 2.75) is 5.66 Å². The highest BCUT2D eigenvalue weighted by molar-refractivity contribution is 5.61. The van der Waals surface area contributed by atoms with Gasteiger partial charge in [0.15, 0.2) is 5.66 Å². The van der Waals surface area contributed by atoms with Crippen molar-refractivity contribution < 1.29 is 0 Å². The van der Waals surface area contributed by atoms with Crippen molar-refractivity contribution in [2.24, 2.45) is 23.5 Å². The van der Waals surface area contributed by atoms with Crippen LogP contribution in [0.1, 0.15) is 5.56 Å². The number of rotatable bonds is 1. The van der Waals surface area contributed by atoms with E-state index < -0.39 is 5.66 Å². The Kier molecular flexibility index (Phi) is 1.78. The summed E-state index contributed by atoms with van der Waals surface area (Å²) in [6.07, 6.45) is 6.63. The molecule has 1 unspecified atom stereocenters. The van der Waals surface area contributed by atoms with Crippen LogP contribution >= 0.6 is 0 Å². The number of hydrogen-bond acceptors (Lipinski definition) is 5. The molecule has 5 N–H and O–H groups in total. The Bertz CT molecular complexity index is 404. The first-order chi connectivity index (χ1) is 6.60. The van der Waals surface area contributed by atoms with E-state index in [1.54, 1.807) is 17.0 Å². The number of aromatic nitrogens is 2. The van der Waals surface area contributed by atoms with Gasteiger partial charge in [-0.1, -0.05) is 0 Å². The maximum Gasteiger partial charge on any atom is 0.161 e. The largest absolute Gasteiger partial charge is 0.385 e. The lowest BCUT2D eigenvalue weighted by Gasteiger charge is -2.23. The minimum atomic E-state index is -0.899. The molecule has 0 radical (unpaired) electrons. The van der Waals surface area contributed by atoms with Crippen LogP contribution in [-0.2, 0) is 12.7 Å². The van der Waals surface area contributed by atoms with Crippen molar-refractivity contribution in [3.63, 3.8) is 0 Å². The van der Waals surface area contributed by atoms with Crippen molar-refractivity contribution in [3.8, 4) is 0 Å². The van der Waals surface area contributed by atoms with Gasteiger partial charge in [-0.15, -0.1) is 0 Å². The van der Waals surface area contributed by atoms with Crippen LogP contribution in [0.15, 0.2) is 29.3 Å². The fourth-order valence-corrected chi connectivity index (χ4v) is 1.32. The monoisotopic (exact) mass is 192 g/mol. The molecule has 0 aliphatic carbocycles. The van der Waals surface area contributed by atoms with E-state index in [1.165, 1.54) is 6.34 Å². The lowest BCUT2D eigenvalue weighted by atomic mass is 10.0. The second kappa shape index (κ2) is 2.85. The molecule has 1 atom stereocenters. The molecule has 0 amide bonds. The summed E-state index contributed by atoms with van der Waals surface area (Å²) in [7, 11) is 1.82. The number of hydrogen-bond donors (Lipinski definition) is 3. The molecule has 0 aromatic carbocycles. The molecule has 0 saturated heterocycles. The standard InChI is InChI=1S/C8H12N6/c1-14-4-6(3-13-14)8(10)2-7(9)11-5-12-8/h2-5H,9-10H2,1H3,(H,11,12). The normalized spacial score (nSPS) is 25.7. The van der Waals surface area contributed by atoms with Gasteiger partial charge >= 0.3 is 0 Å².